The minimum absolute atomic E-state index is 0.0328. The Morgan fingerprint density at radius 1 is 1.14 bits per heavy atom. The second kappa shape index (κ2) is 5.91. The maximum absolute atomic E-state index is 13.6. The highest BCUT2D eigenvalue weighted by atomic mass is 19.1. The Hall–Kier alpha value is -2.43. The van der Waals surface area contributed by atoms with Gasteiger partial charge in [0.1, 0.15) is 5.82 Å². The zero-order chi connectivity index (χ0) is 15.6. The minimum Gasteiger partial charge on any atom is -0.378 e. The van der Waals surface area contributed by atoms with Gasteiger partial charge in [-0.1, -0.05) is 18.2 Å². The Kier molecular flexibility index (Phi) is 4.21. The second-order valence-corrected chi connectivity index (χ2v) is 5.13. The third kappa shape index (κ3) is 3.37. The van der Waals surface area contributed by atoms with Gasteiger partial charge in [0.2, 0.25) is 0 Å². The fourth-order valence-corrected chi connectivity index (χ4v) is 2.07. The van der Waals surface area contributed by atoms with Crippen LogP contribution in [0.2, 0.25) is 0 Å². The molecule has 4 nitrogen and oxygen atoms in total. The number of nitrogens with zero attached hydrogens (tertiary/aromatic N) is 1. The molecule has 0 amide bonds. The molecule has 0 saturated heterocycles. The summed E-state index contributed by atoms with van der Waals surface area (Å²) in [5, 5.41) is 14.0. The number of hydrogen-bond donors (Lipinski definition) is 1. The number of rotatable bonds is 4. The molecule has 1 N–H and O–H groups in total. The lowest BCUT2D eigenvalue weighted by molar-refractivity contribution is -0.384. The first kappa shape index (κ1) is 15.0. The van der Waals surface area contributed by atoms with Crippen molar-refractivity contribution in [3.05, 3.63) is 69.0 Å². The molecule has 0 aromatic heterocycles. The van der Waals surface area contributed by atoms with Crippen molar-refractivity contribution in [1.82, 2.24) is 0 Å². The molecule has 2 aromatic rings. The van der Waals surface area contributed by atoms with Crippen molar-refractivity contribution in [2.24, 2.45) is 0 Å². The van der Waals surface area contributed by atoms with E-state index < -0.39 is 4.92 Å². The fraction of sp³-hybridized carbons (Fsp3) is 0.250. The Balaban J connectivity index is 2.26. The number of anilines is 1. The predicted molar refractivity (Wildman–Crippen MR) is 81.0 cm³/mol. The average molecular weight is 288 g/mol. The quantitative estimate of drug-likeness (QED) is 0.664. The number of aryl methyl sites for hydroxylation is 2. The van der Waals surface area contributed by atoms with Gasteiger partial charge in [0, 0.05) is 23.9 Å². The van der Waals surface area contributed by atoms with Gasteiger partial charge in [-0.25, -0.2) is 4.39 Å². The van der Waals surface area contributed by atoms with E-state index in [1.165, 1.54) is 18.2 Å². The number of nitro groups is 1. The predicted octanol–water partition coefficient (Wildman–Crippen LogP) is 4.52. The largest absolute Gasteiger partial charge is 0.378 e. The van der Waals surface area contributed by atoms with Crippen LogP contribution in [-0.4, -0.2) is 4.92 Å². The summed E-state index contributed by atoms with van der Waals surface area (Å²) in [6, 6.07) is 9.57. The molecule has 2 aromatic carbocycles. The lowest BCUT2D eigenvalue weighted by atomic mass is 10.0. The summed E-state index contributed by atoms with van der Waals surface area (Å²) in [6.07, 6.45) is 0. The molecule has 0 radical (unpaired) electrons. The van der Waals surface area contributed by atoms with Gasteiger partial charge in [-0.15, -0.1) is 0 Å². The van der Waals surface area contributed by atoms with E-state index in [-0.39, 0.29) is 17.5 Å². The Bertz CT molecular complexity index is 686. The van der Waals surface area contributed by atoms with Gasteiger partial charge >= 0.3 is 0 Å². The average Bonchev–Trinajstić information content (AvgIpc) is 2.43. The Morgan fingerprint density at radius 2 is 1.81 bits per heavy atom. The van der Waals surface area contributed by atoms with E-state index in [0.29, 0.717) is 11.3 Å². The van der Waals surface area contributed by atoms with Gasteiger partial charge in [-0.05, 0) is 43.5 Å². The number of hydrogen-bond acceptors (Lipinski definition) is 3. The summed E-state index contributed by atoms with van der Waals surface area (Å²) in [4.78, 5) is 10.4. The SMILES string of the molecule is Cc1ccc(C(C)Nc2cc([N+](=O)[O-])ccc2C)cc1F. The zero-order valence-corrected chi connectivity index (χ0v) is 12.2. The van der Waals surface area contributed by atoms with E-state index >= 15 is 0 Å². The maximum Gasteiger partial charge on any atom is 0.271 e. The van der Waals surface area contributed by atoms with Crippen molar-refractivity contribution in [2.75, 3.05) is 5.32 Å². The molecule has 0 fully saturated rings. The van der Waals surface area contributed by atoms with Crippen LogP contribution < -0.4 is 5.32 Å². The Labute approximate surface area is 122 Å². The molecule has 110 valence electrons. The van der Waals surface area contributed by atoms with Crippen LogP contribution in [0.25, 0.3) is 0 Å². The first-order valence-electron chi connectivity index (χ1n) is 6.66. The van der Waals surface area contributed by atoms with Gasteiger partial charge in [0.05, 0.1) is 4.92 Å². The van der Waals surface area contributed by atoms with Gasteiger partial charge < -0.3 is 5.32 Å². The molecule has 0 aliphatic carbocycles. The summed E-state index contributed by atoms with van der Waals surface area (Å²) in [6.45, 7) is 5.47. The van der Waals surface area contributed by atoms with Crippen molar-refractivity contribution < 1.29 is 9.31 Å². The van der Waals surface area contributed by atoms with E-state index in [1.54, 1.807) is 19.1 Å². The molecule has 1 atom stereocenters. The fourth-order valence-electron chi connectivity index (χ4n) is 2.07. The van der Waals surface area contributed by atoms with Gasteiger partial charge in [-0.2, -0.15) is 0 Å². The highest BCUT2D eigenvalue weighted by Gasteiger charge is 2.12. The number of benzene rings is 2. The van der Waals surface area contributed by atoms with E-state index in [4.69, 9.17) is 0 Å². The first-order valence-corrected chi connectivity index (χ1v) is 6.66. The molecule has 0 bridgehead atoms. The molecule has 21 heavy (non-hydrogen) atoms. The number of nitrogens with one attached hydrogen (secondary N) is 1. The topological polar surface area (TPSA) is 55.2 Å². The third-order valence-corrected chi connectivity index (χ3v) is 3.50. The summed E-state index contributed by atoms with van der Waals surface area (Å²) >= 11 is 0. The Morgan fingerprint density at radius 3 is 2.43 bits per heavy atom. The molecule has 0 heterocycles. The lowest BCUT2D eigenvalue weighted by Crippen LogP contribution is -2.08. The lowest BCUT2D eigenvalue weighted by Gasteiger charge is -2.17. The van der Waals surface area contributed by atoms with Crippen molar-refractivity contribution in [1.29, 1.82) is 0 Å². The van der Waals surface area contributed by atoms with Gasteiger partial charge in [0.15, 0.2) is 0 Å². The molecular weight excluding hydrogens is 271 g/mol. The van der Waals surface area contributed by atoms with Crippen LogP contribution in [-0.2, 0) is 0 Å². The van der Waals surface area contributed by atoms with E-state index in [2.05, 4.69) is 5.32 Å². The van der Waals surface area contributed by atoms with E-state index in [0.717, 1.165) is 11.1 Å². The number of halogens is 1. The van der Waals surface area contributed by atoms with E-state index in [9.17, 15) is 14.5 Å². The number of non-ortho nitro benzene ring substituents is 1. The van der Waals surface area contributed by atoms with Crippen molar-refractivity contribution >= 4 is 11.4 Å². The van der Waals surface area contributed by atoms with Crippen LogP contribution in [0.3, 0.4) is 0 Å². The van der Waals surface area contributed by atoms with Crippen LogP contribution >= 0.6 is 0 Å². The molecule has 0 spiro atoms. The normalized spacial score (nSPS) is 12.0. The summed E-state index contributed by atoms with van der Waals surface area (Å²) in [5.74, 6) is -0.253. The standard InChI is InChI=1S/C16H17FN2O2/c1-10-4-6-13(8-15(10)17)12(3)18-16-9-14(19(20)21)7-5-11(16)2/h4-9,12,18H,1-3H3. The van der Waals surface area contributed by atoms with Crippen LogP contribution in [0.4, 0.5) is 15.8 Å². The zero-order valence-electron chi connectivity index (χ0n) is 12.2. The van der Waals surface area contributed by atoms with Crippen molar-refractivity contribution in [3.8, 4) is 0 Å². The second-order valence-electron chi connectivity index (χ2n) is 5.13. The van der Waals surface area contributed by atoms with E-state index in [1.807, 2.05) is 19.9 Å². The van der Waals surface area contributed by atoms with Crippen molar-refractivity contribution in [2.45, 2.75) is 26.8 Å². The highest BCUT2D eigenvalue weighted by molar-refractivity contribution is 5.57. The molecule has 0 aliphatic rings. The molecule has 2 rings (SSSR count). The minimum atomic E-state index is -0.430. The first-order chi connectivity index (χ1) is 9.88. The van der Waals surface area contributed by atoms with Crippen LogP contribution in [0.5, 0.6) is 0 Å². The van der Waals surface area contributed by atoms with Crippen LogP contribution in [0.1, 0.15) is 29.7 Å². The van der Waals surface area contributed by atoms with Crippen molar-refractivity contribution in [3.63, 3.8) is 0 Å². The van der Waals surface area contributed by atoms with Gasteiger partial charge in [-0.3, -0.25) is 10.1 Å². The maximum atomic E-state index is 13.6. The van der Waals surface area contributed by atoms with Crippen LogP contribution in [0, 0.1) is 29.8 Å². The summed E-state index contributed by atoms with van der Waals surface area (Å²) < 4.78 is 13.6. The summed E-state index contributed by atoms with van der Waals surface area (Å²) in [5.41, 5.74) is 3.00. The van der Waals surface area contributed by atoms with Crippen LogP contribution in [0.15, 0.2) is 36.4 Å². The van der Waals surface area contributed by atoms with Gasteiger partial charge in [0.25, 0.3) is 5.69 Å². The molecule has 0 saturated carbocycles. The molecule has 0 aliphatic heterocycles. The number of nitro benzene ring substituents is 1. The third-order valence-electron chi connectivity index (χ3n) is 3.50. The monoisotopic (exact) mass is 288 g/mol. The summed E-state index contributed by atoms with van der Waals surface area (Å²) in [7, 11) is 0. The molecule has 5 heteroatoms. The molecule has 1 unspecified atom stereocenters. The smallest absolute Gasteiger partial charge is 0.271 e. The highest BCUT2D eigenvalue weighted by Crippen LogP contribution is 2.26. The molecular formula is C16H17FN2O2.